The highest BCUT2D eigenvalue weighted by Crippen LogP contribution is 2.22. The lowest BCUT2D eigenvalue weighted by molar-refractivity contribution is -0.0504. The maximum Gasteiger partial charge on any atom is 0.387 e. The van der Waals surface area contributed by atoms with Crippen molar-refractivity contribution in [3.63, 3.8) is 0 Å². The van der Waals surface area contributed by atoms with Crippen LogP contribution in [0.15, 0.2) is 47.5 Å². The Bertz CT molecular complexity index is 798. The molecule has 0 aromatic heterocycles. The predicted molar refractivity (Wildman–Crippen MR) is 129 cm³/mol. The van der Waals surface area contributed by atoms with E-state index in [1.165, 1.54) is 5.56 Å². The number of aliphatic imine (C=N–C) groups is 1. The Morgan fingerprint density at radius 1 is 1.07 bits per heavy atom. The van der Waals surface area contributed by atoms with Gasteiger partial charge in [0.2, 0.25) is 0 Å². The van der Waals surface area contributed by atoms with E-state index in [0.717, 1.165) is 17.7 Å². The number of benzene rings is 2. The minimum atomic E-state index is -2.85. The standard InChI is InChI=1S/C22H30F2N4O.HI/c1-5-25-22(26-13-17-7-9-18(10-8-17)15-28(3)4)27-14-19-12-16(2)6-11-20(19)29-21(23)24;/h6-12,21H,5,13-15H2,1-4H3,(H2,25,26,27);1H. The zero-order chi connectivity index (χ0) is 21.2. The fraction of sp³-hybridized carbons (Fsp3) is 0.409. The van der Waals surface area contributed by atoms with E-state index in [0.29, 0.717) is 31.2 Å². The van der Waals surface area contributed by atoms with Crippen LogP contribution >= 0.6 is 24.0 Å². The lowest BCUT2D eigenvalue weighted by Gasteiger charge is -2.15. The Kier molecular flexibility index (Phi) is 11.6. The molecule has 2 aromatic rings. The van der Waals surface area contributed by atoms with Crippen molar-refractivity contribution in [3.05, 3.63) is 64.7 Å². The molecule has 30 heavy (non-hydrogen) atoms. The van der Waals surface area contributed by atoms with Crippen molar-refractivity contribution in [2.24, 2.45) is 4.99 Å². The highest BCUT2D eigenvalue weighted by Gasteiger charge is 2.10. The number of hydrogen-bond acceptors (Lipinski definition) is 3. The van der Waals surface area contributed by atoms with Crippen molar-refractivity contribution < 1.29 is 13.5 Å². The van der Waals surface area contributed by atoms with E-state index in [4.69, 9.17) is 0 Å². The van der Waals surface area contributed by atoms with Crippen LogP contribution in [0.2, 0.25) is 0 Å². The largest absolute Gasteiger partial charge is 0.434 e. The summed E-state index contributed by atoms with van der Waals surface area (Å²) < 4.78 is 29.9. The Morgan fingerprint density at radius 2 is 1.73 bits per heavy atom. The minimum Gasteiger partial charge on any atom is -0.434 e. The van der Waals surface area contributed by atoms with Gasteiger partial charge in [-0.05, 0) is 45.1 Å². The first-order valence-electron chi connectivity index (χ1n) is 9.66. The quantitative estimate of drug-likeness (QED) is 0.283. The molecule has 8 heteroatoms. The molecule has 0 bridgehead atoms. The number of alkyl halides is 2. The third-order valence-corrected chi connectivity index (χ3v) is 4.16. The number of nitrogens with zero attached hydrogens (tertiary/aromatic N) is 2. The number of rotatable bonds is 9. The van der Waals surface area contributed by atoms with Crippen LogP contribution in [0.4, 0.5) is 8.78 Å². The molecule has 0 aliphatic carbocycles. The van der Waals surface area contributed by atoms with Crippen LogP contribution in [0.5, 0.6) is 5.75 Å². The van der Waals surface area contributed by atoms with Gasteiger partial charge in [0.05, 0.1) is 6.54 Å². The van der Waals surface area contributed by atoms with Crippen LogP contribution in [0, 0.1) is 6.92 Å². The molecule has 2 aromatic carbocycles. The first-order valence-corrected chi connectivity index (χ1v) is 9.66. The highest BCUT2D eigenvalue weighted by molar-refractivity contribution is 14.0. The summed E-state index contributed by atoms with van der Waals surface area (Å²) in [5, 5.41) is 6.37. The van der Waals surface area contributed by atoms with Gasteiger partial charge in [-0.1, -0.05) is 42.0 Å². The first kappa shape index (κ1) is 26.1. The van der Waals surface area contributed by atoms with Crippen molar-refractivity contribution in [3.8, 4) is 5.75 Å². The normalized spacial score (nSPS) is 11.4. The number of guanidine groups is 1. The van der Waals surface area contributed by atoms with Gasteiger partial charge in [-0.3, -0.25) is 0 Å². The summed E-state index contributed by atoms with van der Waals surface area (Å²) in [6, 6.07) is 13.5. The average Bonchev–Trinajstić information content (AvgIpc) is 2.66. The number of nitrogens with one attached hydrogen (secondary N) is 2. The van der Waals surface area contributed by atoms with E-state index in [1.54, 1.807) is 12.1 Å². The molecule has 0 aliphatic heterocycles. The summed E-state index contributed by atoms with van der Waals surface area (Å²) in [4.78, 5) is 6.72. The van der Waals surface area contributed by atoms with Crippen LogP contribution in [0.25, 0.3) is 0 Å². The zero-order valence-electron chi connectivity index (χ0n) is 17.9. The lowest BCUT2D eigenvalue weighted by atomic mass is 10.1. The van der Waals surface area contributed by atoms with Crippen molar-refractivity contribution in [1.82, 2.24) is 15.5 Å². The maximum atomic E-state index is 12.6. The minimum absolute atomic E-state index is 0. The second-order valence-corrected chi connectivity index (χ2v) is 7.09. The lowest BCUT2D eigenvalue weighted by Crippen LogP contribution is -2.36. The molecule has 0 aliphatic rings. The molecular weight excluding hydrogens is 501 g/mol. The van der Waals surface area contributed by atoms with Gasteiger partial charge in [-0.15, -0.1) is 24.0 Å². The first-order chi connectivity index (χ1) is 13.9. The van der Waals surface area contributed by atoms with Crippen molar-refractivity contribution in [1.29, 1.82) is 0 Å². The van der Waals surface area contributed by atoms with E-state index < -0.39 is 6.61 Å². The fourth-order valence-corrected chi connectivity index (χ4v) is 2.86. The summed E-state index contributed by atoms with van der Waals surface area (Å²) in [6.07, 6.45) is 0. The summed E-state index contributed by atoms with van der Waals surface area (Å²) in [5.74, 6) is 0.791. The molecule has 0 amide bonds. The zero-order valence-corrected chi connectivity index (χ0v) is 20.2. The van der Waals surface area contributed by atoms with Gasteiger partial charge in [0, 0.05) is 25.2 Å². The van der Waals surface area contributed by atoms with E-state index in [2.05, 4.69) is 49.5 Å². The number of aryl methyl sites for hydroxylation is 1. The van der Waals surface area contributed by atoms with Gasteiger partial charge in [0.25, 0.3) is 0 Å². The summed E-state index contributed by atoms with van der Waals surface area (Å²) in [7, 11) is 4.08. The Labute approximate surface area is 194 Å². The van der Waals surface area contributed by atoms with Gasteiger partial charge in [0.1, 0.15) is 5.75 Å². The smallest absolute Gasteiger partial charge is 0.387 e. The van der Waals surface area contributed by atoms with Gasteiger partial charge in [-0.25, -0.2) is 4.99 Å². The van der Waals surface area contributed by atoms with Crippen LogP contribution < -0.4 is 15.4 Å². The Morgan fingerprint density at radius 3 is 2.33 bits per heavy atom. The van der Waals surface area contributed by atoms with Crippen LogP contribution in [-0.2, 0) is 19.6 Å². The highest BCUT2D eigenvalue weighted by atomic mass is 127. The van der Waals surface area contributed by atoms with Gasteiger partial charge in [0.15, 0.2) is 5.96 Å². The van der Waals surface area contributed by atoms with Crippen molar-refractivity contribution >= 4 is 29.9 Å². The molecule has 2 N–H and O–H groups in total. The van der Waals surface area contributed by atoms with E-state index in [1.807, 2.05) is 34.0 Å². The molecule has 5 nitrogen and oxygen atoms in total. The Balaban J connectivity index is 0.00000450. The maximum absolute atomic E-state index is 12.6. The molecular formula is C22H31F2IN4O. The molecule has 0 fully saturated rings. The molecule has 0 unspecified atom stereocenters. The van der Waals surface area contributed by atoms with E-state index >= 15 is 0 Å². The van der Waals surface area contributed by atoms with Crippen LogP contribution in [-0.4, -0.2) is 38.1 Å². The number of ether oxygens (including phenoxy) is 1. The molecule has 0 radical (unpaired) electrons. The topological polar surface area (TPSA) is 48.9 Å². The number of halogens is 3. The van der Waals surface area contributed by atoms with Crippen LogP contribution in [0.3, 0.4) is 0 Å². The van der Waals surface area contributed by atoms with Crippen LogP contribution in [0.1, 0.15) is 29.2 Å². The SMILES string of the molecule is CCNC(=NCc1ccc(CN(C)C)cc1)NCc1cc(C)ccc1OC(F)F.I. The molecule has 2 rings (SSSR count). The number of hydrogen-bond donors (Lipinski definition) is 2. The second-order valence-electron chi connectivity index (χ2n) is 7.09. The summed E-state index contributed by atoms with van der Waals surface area (Å²) in [6.45, 7) is 3.48. The fourth-order valence-electron chi connectivity index (χ4n) is 2.86. The Hall–Kier alpha value is -1.94. The molecule has 0 spiro atoms. The van der Waals surface area contributed by atoms with Gasteiger partial charge >= 0.3 is 6.61 Å². The third-order valence-electron chi connectivity index (χ3n) is 4.16. The molecule has 0 saturated heterocycles. The van der Waals surface area contributed by atoms with Crippen molar-refractivity contribution in [2.45, 2.75) is 40.1 Å². The molecule has 166 valence electrons. The predicted octanol–water partition coefficient (Wildman–Crippen LogP) is 4.53. The van der Waals surface area contributed by atoms with E-state index in [9.17, 15) is 8.78 Å². The third kappa shape index (κ3) is 9.25. The average molecular weight is 532 g/mol. The van der Waals surface area contributed by atoms with E-state index in [-0.39, 0.29) is 29.7 Å². The second kappa shape index (κ2) is 13.4. The monoisotopic (exact) mass is 532 g/mol. The summed E-state index contributed by atoms with van der Waals surface area (Å²) in [5.41, 5.74) is 3.98. The van der Waals surface area contributed by atoms with Gasteiger partial charge in [-0.2, -0.15) is 8.78 Å². The molecule has 0 saturated carbocycles. The summed E-state index contributed by atoms with van der Waals surface area (Å²) >= 11 is 0. The molecule has 0 atom stereocenters. The molecule has 0 heterocycles. The van der Waals surface area contributed by atoms with Crippen molar-refractivity contribution in [2.75, 3.05) is 20.6 Å². The van der Waals surface area contributed by atoms with Gasteiger partial charge < -0.3 is 20.3 Å².